The van der Waals surface area contributed by atoms with Crippen LogP contribution >= 0.6 is 0 Å². The molecule has 0 aliphatic heterocycles. The Morgan fingerprint density at radius 1 is 1.40 bits per heavy atom. The molecule has 0 aromatic heterocycles. The van der Waals surface area contributed by atoms with Gasteiger partial charge in [0.1, 0.15) is 5.75 Å². The molecule has 82 valence electrons. The summed E-state index contributed by atoms with van der Waals surface area (Å²) in [6.07, 6.45) is 0. The first kappa shape index (κ1) is 11.6. The molecular formula is C12H17NO2. The monoisotopic (exact) mass is 207 g/mol. The van der Waals surface area contributed by atoms with Gasteiger partial charge in [0.25, 0.3) is 5.91 Å². The van der Waals surface area contributed by atoms with E-state index in [-0.39, 0.29) is 17.7 Å². The Labute approximate surface area is 90.3 Å². The van der Waals surface area contributed by atoms with Crippen LogP contribution in [-0.4, -0.2) is 29.0 Å². The highest BCUT2D eigenvalue weighted by Gasteiger charge is 2.17. The van der Waals surface area contributed by atoms with E-state index in [1.54, 1.807) is 24.1 Å². The maximum atomic E-state index is 11.9. The predicted octanol–water partition coefficient (Wildman–Crippen LogP) is 2.18. The maximum absolute atomic E-state index is 11.9. The standard InChI is InChI=1S/C12H17NO2/c1-8(2)13(4)12(15)10-6-5-9(3)7-11(10)14/h5-8,14H,1-4H3. The lowest BCUT2D eigenvalue weighted by molar-refractivity contribution is 0.0752. The highest BCUT2D eigenvalue weighted by atomic mass is 16.3. The number of hydrogen-bond donors (Lipinski definition) is 1. The van der Waals surface area contributed by atoms with Crippen molar-refractivity contribution >= 4 is 5.91 Å². The van der Waals surface area contributed by atoms with Crippen LogP contribution in [0.5, 0.6) is 5.75 Å². The van der Waals surface area contributed by atoms with E-state index in [9.17, 15) is 9.90 Å². The normalized spacial score (nSPS) is 10.5. The summed E-state index contributed by atoms with van der Waals surface area (Å²) in [7, 11) is 1.73. The van der Waals surface area contributed by atoms with Gasteiger partial charge in [0.15, 0.2) is 0 Å². The Balaban J connectivity index is 3.01. The topological polar surface area (TPSA) is 40.5 Å². The summed E-state index contributed by atoms with van der Waals surface area (Å²) in [6.45, 7) is 5.74. The van der Waals surface area contributed by atoms with Crippen LogP contribution in [0.4, 0.5) is 0 Å². The van der Waals surface area contributed by atoms with Crippen molar-refractivity contribution in [1.29, 1.82) is 0 Å². The van der Waals surface area contributed by atoms with Crippen LogP contribution in [0.2, 0.25) is 0 Å². The molecule has 0 spiro atoms. The number of phenolic OH excluding ortho intramolecular Hbond substituents is 1. The number of hydrogen-bond acceptors (Lipinski definition) is 2. The summed E-state index contributed by atoms with van der Waals surface area (Å²) in [5.74, 6) is -0.102. The lowest BCUT2D eigenvalue weighted by Gasteiger charge is -2.21. The fourth-order valence-electron chi connectivity index (χ4n) is 1.25. The molecule has 0 unspecified atom stereocenters. The number of amides is 1. The Kier molecular flexibility index (Phi) is 3.35. The van der Waals surface area contributed by atoms with Gasteiger partial charge in [-0.3, -0.25) is 4.79 Å². The van der Waals surface area contributed by atoms with Crippen LogP contribution < -0.4 is 0 Å². The molecule has 1 rings (SSSR count). The van der Waals surface area contributed by atoms with E-state index in [1.165, 1.54) is 0 Å². The Bertz CT molecular complexity index is 372. The largest absolute Gasteiger partial charge is 0.507 e. The van der Waals surface area contributed by atoms with Crippen molar-refractivity contribution in [1.82, 2.24) is 4.90 Å². The number of carbonyl (C=O) groups excluding carboxylic acids is 1. The molecule has 3 nitrogen and oxygen atoms in total. The number of aromatic hydroxyl groups is 1. The molecular weight excluding hydrogens is 190 g/mol. The van der Waals surface area contributed by atoms with Gasteiger partial charge in [-0.05, 0) is 38.5 Å². The van der Waals surface area contributed by atoms with Gasteiger partial charge in [0.2, 0.25) is 0 Å². The van der Waals surface area contributed by atoms with Gasteiger partial charge >= 0.3 is 0 Å². The van der Waals surface area contributed by atoms with E-state index in [0.29, 0.717) is 5.56 Å². The first-order valence-corrected chi connectivity index (χ1v) is 5.00. The smallest absolute Gasteiger partial charge is 0.257 e. The third-order valence-corrected chi connectivity index (χ3v) is 2.48. The fraction of sp³-hybridized carbons (Fsp3) is 0.417. The molecule has 0 aliphatic carbocycles. The van der Waals surface area contributed by atoms with E-state index in [1.807, 2.05) is 26.8 Å². The van der Waals surface area contributed by atoms with E-state index >= 15 is 0 Å². The minimum atomic E-state index is -0.150. The summed E-state index contributed by atoms with van der Waals surface area (Å²) < 4.78 is 0. The van der Waals surface area contributed by atoms with E-state index in [0.717, 1.165) is 5.56 Å². The molecule has 1 amide bonds. The molecule has 0 radical (unpaired) electrons. The van der Waals surface area contributed by atoms with Crippen LogP contribution in [0.3, 0.4) is 0 Å². The molecule has 1 N–H and O–H groups in total. The number of phenols is 1. The third-order valence-electron chi connectivity index (χ3n) is 2.48. The van der Waals surface area contributed by atoms with Gasteiger partial charge in [-0.25, -0.2) is 0 Å². The van der Waals surface area contributed by atoms with Crippen molar-refractivity contribution in [2.75, 3.05) is 7.05 Å². The third kappa shape index (κ3) is 2.49. The second-order valence-corrected chi connectivity index (χ2v) is 4.03. The first-order chi connectivity index (χ1) is 6.93. The molecule has 0 saturated heterocycles. The zero-order valence-electron chi connectivity index (χ0n) is 9.61. The van der Waals surface area contributed by atoms with Crippen LogP contribution in [0.15, 0.2) is 18.2 Å². The van der Waals surface area contributed by atoms with Crippen LogP contribution in [-0.2, 0) is 0 Å². The SMILES string of the molecule is Cc1ccc(C(=O)N(C)C(C)C)c(O)c1. The number of aryl methyl sites for hydroxylation is 1. The first-order valence-electron chi connectivity index (χ1n) is 5.00. The molecule has 0 fully saturated rings. The number of rotatable bonds is 2. The zero-order valence-corrected chi connectivity index (χ0v) is 9.61. The summed E-state index contributed by atoms with van der Waals surface area (Å²) in [5.41, 5.74) is 1.30. The quantitative estimate of drug-likeness (QED) is 0.807. The molecule has 0 aliphatic rings. The summed E-state index contributed by atoms with van der Waals surface area (Å²) in [6, 6.07) is 5.20. The van der Waals surface area contributed by atoms with E-state index in [4.69, 9.17) is 0 Å². The molecule has 0 saturated carbocycles. The van der Waals surface area contributed by atoms with Crippen LogP contribution in [0.25, 0.3) is 0 Å². The van der Waals surface area contributed by atoms with Crippen molar-refractivity contribution in [3.63, 3.8) is 0 Å². The van der Waals surface area contributed by atoms with Gasteiger partial charge < -0.3 is 10.0 Å². The molecule has 0 bridgehead atoms. The van der Waals surface area contributed by atoms with Crippen molar-refractivity contribution < 1.29 is 9.90 Å². The van der Waals surface area contributed by atoms with Gasteiger partial charge in [-0.2, -0.15) is 0 Å². The Morgan fingerprint density at radius 3 is 2.47 bits per heavy atom. The summed E-state index contributed by atoms with van der Waals surface area (Å²) >= 11 is 0. The minimum Gasteiger partial charge on any atom is -0.507 e. The van der Waals surface area contributed by atoms with Gasteiger partial charge in [0, 0.05) is 13.1 Å². The van der Waals surface area contributed by atoms with Crippen molar-refractivity contribution in [3.05, 3.63) is 29.3 Å². The molecule has 15 heavy (non-hydrogen) atoms. The Morgan fingerprint density at radius 2 is 2.00 bits per heavy atom. The molecule has 1 aromatic rings. The highest BCUT2D eigenvalue weighted by molar-refractivity contribution is 5.96. The van der Waals surface area contributed by atoms with Crippen molar-refractivity contribution in [2.45, 2.75) is 26.8 Å². The summed E-state index contributed by atoms with van der Waals surface area (Å²) in [4.78, 5) is 13.5. The lowest BCUT2D eigenvalue weighted by Crippen LogP contribution is -2.32. The molecule has 3 heteroatoms. The number of carbonyl (C=O) groups is 1. The molecule has 1 aromatic carbocycles. The fourth-order valence-corrected chi connectivity index (χ4v) is 1.25. The van der Waals surface area contributed by atoms with Gasteiger partial charge in [-0.1, -0.05) is 6.07 Å². The molecule has 0 heterocycles. The average molecular weight is 207 g/mol. The van der Waals surface area contributed by atoms with Gasteiger partial charge in [0.05, 0.1) is 5.56 Å². The van der Waals surface area contributed by atoms with Gasteiger partial charge in [-0.15, -0.1) is 0 Å². The highest BCUT2D eigenvalue weighted by Crippen LogP contribution is 2.20. The molecule has 0 atom stereocenters. The second-order valence-electron chi connectivity index (χ2n) is 4.03. The summed E-state index contributed by atoms with van der Waals surface area (Å²) in [5, 5.41) is 9.64. The van der Waals surface area contributed by atoms with Crippen LogP contribution in [0.1, 0.15) is 29.8 Å². The minimum absolute atomic E-state index is 0.0486. The predicted molar refractivity (Wildman–Crippen MR) is 60.1 cm³/mol. The second kappa shape index (κ2) is 4.34. The Hall–Kier alpha value is -1.51. The number of nitrogens with zero attached hydrogens (tertiary/aromatic N) is 1. The number of benzene rings is 1. The zero-order chi connectivity index (χ0) is 11.6. The van der Waals surface area contributed by atoms with Crippen molar-refractivity contribution in [2.24, 2.45) is 0 Å². The lowest BCUT2D eigenvalue weighted by atomic mass is 10.1. The van der Waals surface area contributed by atoms with Crippen LogP contribution in [0, 0.1) is 6.92 Å². The van der Waals surface area contributed by atoms with E-state index in [2.05, 4.69) is 0 Å². The van der Waals surface area contributed by atoms with E-state index < -0.39 is 0 Å². The van der Waals surface area contributed by atoms with Crippen molar-refractivity contribution in [3.8, 4) is 5.75 Å². The average Bonchev–Trinajstić information content (AvgIpc) is 2.15. The maximum Gasteiger partial charge on any atom is 0.257 e.